The first-order valence-corrected chi connectivity index (χ1v) is 6.58. The molecule has 0 heterocycles. The van der Waals surface area contributed by atoms with Gasteiger partial charge in [-0.25, -0.2) is 0 Å². The Kier molecular flexibility index (Phi) is 6.27. The van der Waals surface area contributed by atoms with Gasteiger partial charge >= 0.3 is 5.97 Å². The Balaban J connectivity index is 2.97. The molecule has 7 heteroatoms. The van der Waals surface area contributed by atoms with Gasteiger partial charge in [0.2, 0.25) is 0 Å². The van der Waals surface area contributed by atoms with E-state index < -0.39 is 18.4 Å². The van der Waals surface area contributed by atoms with Gasteiger partial charge in [0.05, 0.1) is 17.2 Å². The normalized spacial score (nSPS) is 10.3. The van der Waals surface area contributed by atoms with Crippen molar-refractivity contribution in [2.24, 2.45) is 0 Å². The molecule has 0 atom stereocenters. The maximum absolute atomic E-state index is 12.3. The SMILES string of the molecule is COCCN(CC(=O)O)C(=O)c1cc(Br)ccc1Cl. The van der Waals surface area contributed by atoms with Gasteiger partial charge in [-0.15, -0.1) is 0 Å². The predicted molar refractivity (Wildman–Crippen MR) is 74.6 cm³/mol. The molecule has 1 rings (SSSR count). The minimum Gasteiger partial charge on any atom is -0.480 e. The molecule has 0 aliphatic heterocycles. The number of ether oxygens (including phenoxy) is 1. The van der Waals surface area contributed by atoms with Crippen LogP contribution in [0.1, 0.15) is 10.4 Å². The summed E-state index contributed by atoms with van der Waals surface area (Å²) in [5.74, 6) is -1.53. The van der Waals surface area contributed by atoms with E-state index in [2.05, 4.69) is 15.9 Å². The topological polar surface area (TPSA) is 66.8 Å². The zero-order valence-electron chi connectivity index (χ0n) is 10.2. The lowest BCUT2D eigenvalue weighted by Gasteiger charge is -2.21. The highest BCUT2D eigenvalue weighted by Gasteiger charge is 2.20. The molecule has 0 spiro atoms. The van der Waals surface area contributed by atoms with Gasteiger partial charge in [-0.1, -0.05) is 27.5 Å². The summed E-state index contributed by atoms with van der Waals surface area (Å²) in [6, 6.07) is 4.84. The second kappa shape index (κ2) is 7.47. The first kappa shape index (κ1) is 15.9. The molecule has 0 unspecified atom stereocenters. The summed E-state index contributed by atoms with van der Waals surface area (Å²) in [6.45, 7) is 0.0418. The Morgan fingerprint density at radius 3 is 2.74 bits per heavy atom. The van der Waals surface area contributed by atoms with Gasteiger partial charge in [0.15, 0.2) is 0 Å². The van der Waals surface area contributed by atoms with Crippen molar-refractivity contribution in [2.45, 2.75) is 0 Å². The molecule has 1 N–H and O–H groups in total. The highest BCUT2D eigenvalue weighted by molar-refractivity contribution is 9.10. The number of aliphatic carboxylic acids is 1. The largest absolute Gasteiger partial charge is 0.480 e. The Labute approximate surface area is 124 Å². The minimum absolute atomic E-state index is 0.185. The Morgan fingerprint density at radius 2 is 2.16 bits per heavy atom. The van der Waals surface area contributed by atoms with Gasteiger partial charge in [0.1, 0.15) is 6.54 Å². The zero-order valence-corrected chi connectivity index (χ0v) is 12.6. The average Bonchev–Trinajstić information content (AvgIpc) is 2.36. The van der Waals surface area contributed by atoms with Gasteiger partial charge < -0.3 is 14.7 Å². The number of carbonyl (C=O) groups excluding carboxylic acids is 1. The van der Waals surface area contributed by atoms with E-state index in [0.717, 1.165) is 0 Å². The molecule has 104 valence electrons. The van der Waals surface area contributed by atoms with Gasteiger partial charge in [-0.05, 0) is 18.2 Å². The third-order valence-electron chi connectivity index (χ3n) is 2.34. The number of methoxy groups -OCH3 is 1. The number of carboxylic acid groups (broad SMARTS) is 1. The van der Waals surface area contributed by atoms with Crippen molar-refractivity contribution in [3.05, 3.63) is 33.3 Å². The van der Waals surface area contributed by atoms with Crippen LogP contribution in [0.2, 0.25) is 5.02 Å². The molecular formula is C12H13BrClNO4. The van der Waals surface area contributed by atoms with Gasteiger partial charge in [-0.2, -0.15) is 0 Å². The maximum atomic E-state index is 12.3. The third-order valence-corrected chi connectivity index (χ3v) is 3.16. The summed E-state index contributed by atoms with van der Waals surface area (Å²) < 4.78 is 5.56. The smallest absolute Gasteiger partial charge is 0.323 e. The number of hydrogen-bond donors (Lipinski definition) is 1. The molecule has 0 aliphatic rings. The summed E-state index contributed by atoms with van der Waals surface area (Å²) in [4.78, 5) is 24.2. The van der Waals surface area contributed by atoms with E-state index in [4.69, 9.17) is 21.4 Å². The third kappa shape index (κ3) is 4.81. The van der Waals surface area contributed by atoms with Crippen LogP contribution in [0.4, 0.5) is 0 Å². The maximum Gasteiger partial charge on any atom is 0.323 e. The lowest BCUT2D eigenvalue weighted by atomic mass is 10.2. The average molecular weight is 351 g/mol. The van der Waals surface area contributed by atoms with Crippen molar-refractivity contribution < 1.29 is 19.4 Å². The number of amides is 1. The van der Waals surface area contributed by atoms with Crippen LogP contribution in [0.5, 0.6) is 0 Å². The van der Waals surface area contributed by atoms with E-state index >= 15 is 0 Å². The summed E-state index contributed by atoms with van der Waals surface area (Å²) in [5.41, 5.74) is 0.258. The highest BCUT2D eigenvalue weighted by Crippen LogP contribution is 2.22. The van der Waals surface area contributed by atoms with Gasteiger partial charge in [0, 0.05) is 18.1 Å². The number of carboxylic acids is 1. The number of halogens is 2. The number of rotatable bonds is 6. The standard InChI is InChI=1S/C12H13BrClNO4/c1-19-5-4-15(7-11(16)17)12(18)9-6-8(13)2-3-10(9)14/h2-3,6H,4-5,7H2,1H3,(H,16,17). The second-order valence-corrected chi connectivity index (χ2v) is 5.06. The second-order valence-electron chi connectivity index (χ2n) is 3.74. The van der Waals surface area contributed by atoms with Crippen LogP contribution < -0.4 is 0 Å². The summed E-state index contributed by atoms with van der Waals surface area (Å²) in [5, 5.41) is 9.10. The van der Waals surface area contributed by atoms with Crippen molar-refractivity contribution in [3.8, 4) is 0 Å². The van der Waals surface area contributed by atoms with Crippen LogP contribution in [-0.2, 0) is 9.53 Å². The van der Waals surface area contributed by atoms with E-state index in [9.17, 15) is 9.59 Å². The minimum atomic E-state index is -1.09. The predicted octanol–water partition coefficient (Wildman–Crippen LogP) is 2.28. The number of nitrogens with zero attached hydrogens (tertiary/aromatic N) is 1. The molecule has 0 saturated carbocycles. The molecule has 1 aromatic carbocycles. The first-order valence-electron chi connectivity index (χ1n) is 5.40. The van der Waals surface area contributed by atoms with E-state index in [-0.39, 0.29) is 23.7 Å². The zero-order chi connectivity index (χ0) is 14.4. The molecule has 0 fully saturated rings. The molecule has 5 nitrogen and oxygen atoms in total. The summed E-state index contributed by atoms with van der Waals surface area (Å²) >= 11 is 9.21. The summed E-state index contributed by atoms with van der Waals surface area (Å²) in [7, 11) is 1.48. The number of hydrogen-bond acceptors (Lipinski definition) is 3. The van der Waals surface area contributed by atoms with Crippen LogP contribution in [0.15, 0.2) is 22.7 Å². The number of carbonyl (C=O) groups is 2. The van der Waals surface area contributed by atoms with Crippen molar-refractivity contribution in [2.75, 3.05) is 26.8 Å². The lowest BCUT2D eigenvalue weighted by molar-refractivity contribution is -0.137. The Bertz CT molecular complexity index is 481. The fraction of sp³-hybridized carbons (Fsp3) is 0.333. The molecular weight excluding hydrogens is 337 g/mol. The van der Waals surface area contributed by atoms with E-state index in [0.29, 0.717) is 4.47 Å². The van der Waals surface area contributed by atoms with Gasteiger partial charge in [0.25, 0.3) is 5.91 Å². The lowest BCUT2D eigenvalue weighted by Crippen LogP contribution is -2.38. The Hall–Kier alpha value is -1.11. The molecule has 0 saturated heterocycles. The van der Waals surface area contributed by atoms with E-state index in [1.807, 2.05) is 0 Å². The van der Waals surface area contributed by atoms with Crippen molar-refractivity contribution in [3.63, 3.8) is 0 Å². The van der Waals surface area contributed by atoms with Crippen LogP contribution in [0.3, 0.4) is 0 Å². The molecule has 19 heavy (non-hydrogen) atoms. The van der Waals surface area contributed by atoms with Crippen LogP contribution in [0.25, 0.3) is 0 Å². The van der Waals surface area contributed by atoms with E-state index in [1.54, 1.807) is 18.2 Å². The molecule has 0 bridgehead atoms. The quantitative estimate of drug-likeness (QED) is 0.855. The number of benzene rings is 1. The fourth-order valence-electron chi connectivity index (χ4n) is 1.45. The molecule has 0 aromatic heterocycles. The van der Waals surface area contributed by atoms with Crippen molar-refractivity contribution >= 4 is 39.4 Å². The van der Waals surface area contributed by atoms with Gasteiger partial charge in [-0.3, -0.25) is 9.59 Å². The Morgan fingerprint density at radius 1 is 1.47 bits per heavy atom. The monoisotopic (exact) mass is 349 g/mol. The molecule has 0 aliphatic carbocycles. The van der Waals surface area contributed by atoms with Crippen LogP contribution >= 0.6 is 27.5 Å². The first-order chi connectivity index (χ1) is 8.95. The van der Waals surface area contributed by atoms with Crippen LogP contribution in [-0.4, -0.2) is 48.7 Å². The molecule has 1 aromatic rings. The summed E-state index contributed by atoms with van der Waals surface area (Å²) in [6.07, 6.45) is 0. The van der Waals surface area contributed by atoms with Crippen molar-refractivity contribution in [1.82, 2.24) is 4.90 Å². The highest BCUT2D eigenvalue weighted by atomic mass is 79.9. The molecule has 1 amide bonds. The van der Waals surface area contributed by atoms with E-state index in [1.165, 1.54) is 12.0 Å². The van der Waals surface area contributed by atoms with Crippen molar-refractivity contribution in [1.29, 1.82) is 0 Å². The van der Waals surface area contributed by atoms with Crippen LogP contribution in [0, 0.1) is 0 Å². The molecule has 0 radical (unpaired) electrons. The fourth-order valence-corrected chi connectivity index (χ4v) is 2.01.